The molecule has 0 aromatic heterocycles. The summed E-state index contributed by atoms with van der Waals surface area (Å²) in [6, 6.07) is -0.863. The number of rotatable bonds is 77. The lowest BCUT2D eigenvalue weighted by molar-refractivity contribution is -0.870. The first kappa shape index (κ1) is 89.0. The molecule has 3 atom stereocenters. The van der Waals surface area contributed by atoms with Crippen LogP contribution in [0.4, 0.5) is 0 Å². The van der Waals surface area contributed by atoms with Crippen molar-refractivity contribution in [2.45, 2.75) is 450 Å². The third kappa shape index (κ3) is 74.4. The minimum atomic E-state index is -4.36. The summed E-state index contributed by atoms with van der Waals surface area (Å²) in [6.07, 6.45) is 96.8. The number of likely N-dealkylation sites (N-methyl/N-ethyl adjacent to an activating group) is 1. The van der Waals surface area contributed by atoms with Crippen molar-refractivity contribution in [2.24, 2.45) is 0 Å². The Bertz CT molecular complexity index is 1520. The van der Waals surface area contributed by atoms with Crippen molar-refractivity contribution in [3.63, 3.8) is 0 Å². The molecule has 90 heavy (non-hydrogen) atoms. The molecule has 0 saturated carbocycles. The van der Waals surface area contributed by atoms with Gasteiger partial charge in [0.15, 0.2) is 0 Å². The standard InChI is InChI=1S/C81H161N2O6P/c1-6-8-10-12-14-16-18-20-22-24-26-28-30-32-34-36-38-39-40-41-42-43-45-47-49-51-53-55-57-59-61-63-65-67-69-71-73-75-81(85)82-79(78-89-90(86,87)88-77-76-83(3,4)5)80(84)74-72-70-68-66-64-62-60-58-56-54-52-50-48-46-44-37-35-33-31-29-27-25-23-21-19-17-15-13-11-9-7-2/h64,66,72,74,79-80,84H,6-63,65,67-71,73,75-78H2,1-5H3,(H-,82,85,86,87)/p+1/b66-64+,74-72+. The molecule has 0 aliphatic heterocycles. The Hall–Kier alpha value is -1.02. The summed E-state index contributed by atoms with van der Waals surface area (Å²) in [5.41, 5.74) is 0. The molecule has 8 nitrogen and oxygen atoms in total. The maximum Gasteiger partial charge on any atom is 0.472 e. The first-order valence-corrected chi connectivity index (χ1v) is 42.2. The lowest BCUT2D eigenvalue weighted by Gasteiger charge is -2.25. The molecule has 0 spiro atoms. The first-order chi connectivity index (χ1) is 44.0. The van der Waals surface area contributed by atoms with E-state index in [1.54, 1.807) is 6.08 Å². The van der Waals surface area contributed by atoms with Gasteiger partial charge in [0.05, 0.1) is 39.9 Å². The van der Waals surface area contributed by atoms with Crippen molar-refractivity contribution < 1.29 is 32.9 Å². The number of phosphoric acid groups is 1. The molecule has 0 aromatic carbocycles. The Morgan fingerprint density at radius 3 is 0.889 bits per heavy atom. The number of quaternary nitrogens is 1. The molecule has 3 unspecified atom stereocenters. The van der Waals surface area contributed by atoms with Gasteiger partial charge in [-0.15, -0.1) is 0 Å². The first-order valence-electron chi connectivity index (χ1n) is 40.7. The van der Waals surface area contributed by atoms with Crippen LogP contribution >= 0.6 is 7.82 Å². The molecule has 536 valence electrons. The molecular formula is C81H162N2O6P+. The zero-order chi connectivity index (χ0) is 65.5. The van der Waals surface area contributed by atoms with Gasteiger partial charge in [-0.3, -0.25) is 13.8 Å². The maximum atomic E-state index is 13.1. The van der Waals surface area contributed by atoms with Gasteiger partial charge in [0.1, 0.15) is 13.2 Å². The molecule has 3 N–H and O–H groups in total. The van der Waals surface area contributed by atoms with Crippen molar-refractivity contribution in [1.29, 1.82) is 0 Å². The largest absolute Gasteiger partial charge is 0.472 e. The number of phosphoric ester groups is 1. The van der Waals surface area contributed by atoms with Gasteiger partial charge in [0.2, 0.25) is 5.91 Å². The monoisotopic (exact) mass is 1290 g/mol. The summed E-state index contributed by atoms with van der Waals surface area (Å²) in [5.74, 6) is -0.176. The van der Waals surface area contributed by atoms with E-state index in [2.05, 4.69) is 31.3 Å². The molecule has 1 amide bonds. The fourth-order valence-corrected chi connectivity index (χ4v) is 13.6. The summed E-state index contributed by atoms with van der Waals surface area (Å²) < 4.78 is 23.9. The molecular weight excluding hydrogens is 1130 g/mol. The summed E-state index contributed by atoms with van der Waals surface area (Å²) in [5, 5.41) is 14.0. The molecule has 0 bridgehead atoms. The number of amides is 1. The summed E-state index contributed by atoms with van der Waals surface area (Å²) >= 11 is 0. The minimum Gasteiger partial charge on any atom is -0.387 e. The van der Waals surface area contributed by atoms with Crippen molar-refractivity contribution in [3.8, 4) is 0 Å². The van der Waals surface area contributed by atoms with E-state index in [0.717, 1.165) is 38.5 Å². The van der Waals surface area contributed by atoms with Crippen molar-refractivity contribution in [2.75, 3.05) is 40.9 Å². The number of hydrogen-bond acceptors (Lipinski definition) is 5. The fourth-order valence-electron chi connectivity index (χ4n) is 12.9. The van der Waals surface area contributed by atoms with E-state index >= 15 is 0 Å². The number of nitrogens with zero attached hydrogens (tertiary/aromatic N) is 1. The summed E-state index contributed by atoms with van der Waals surface area (Å²) in [6.45, 7) is 4.88. The fraction of sp³-hybridized carbons (Fsp3) is 0.938. The van der Waals surface area contributed by atoms with Gasteiger partial charge in [-0.2, -0.15) is 0 Å². The quantitative estimate of drug-likeness (QED) is 0.0243. The Morgan fingerprint density at radius 2 is 0.611 bits per heavy atom. The van der Waals surface area contributed by atoms with Gasteiger partial charge in [-0.1, -0.05) is 423 Å². The van der Waals surface area contributed by atoms with E-state index in [9.17, 15) is 19.4 Å². The highest BCUT2D eigenvalue weighted by Crippen LogP contribution is 2.43. The highest BCUT2D eigenvalue weighted by Gasteiger charge is 2.28. The Morgan fingerprint density at radius 1 is 0.367 bits per heavy atom. The van der Waals surface area contributed by atoms with Crippen molar-refractivity contribution in [3.05, 3.63) is 24.3 Å². The average Bonchev–Trinajstić information content (AvgIpc) is 3.39. The summed E-state index contributed by atoms with van der Waals surface area (Å²) in [4.78, 5) is 23.5. The molecule has 0 radical (unpaired) electrons. The van der Waals surface area contributed by atoms with Crippen LogP contribution in [-0.4, -0.2) is 73.4 Å². The Balaban J connectivity index is 3.95. The van der Waals surface area contributed by atoms with Gasteiger partial charge in [0.25, 0.3) is 0 Å². The van der Waals surface area contributed by atoms with Gasteiger partial charge < -0.3 is 19.8 Å². The van der Waals surface area contributed by atoms with E-state index in [4.69, 9.17) is 9.05 Å². The normalized spacial score (nSPS) is 13.5. The highest BCUT2D eigenvalue weighted by molar-refractivity contribution is 7.47. The lowest BCUT2D eigenvalue weighted by atomic mass is 10.0. The van der Waals surface area contributed by atoms with Crippen molar-refractivity contribution >= 4 is 13.7 Å². The van der Waals surface area contributed by atoms with Gasteiger partial charge in [-0.25, -0.2) is 4.57 Å². The SMILES string of the molecule is CCCCCCCCCCCCCCCCCCCCCCCCCCC/C=C/CC/C=C/C(O)C(COP(=O)(O)OCC[N+](C)(C)C)NC(=O)CCCCCCCCCCCCCCCCCCCCCCCCCCCCCCCCCCCCCCC. The predicted molar refractivity (Wildman–Crippen MR) is 397 cm³/mol. The predicted octanol–water partition coefficient (Wildman–Crippen LogP) is 26.6. The van der Waals surface area contributed by atoms with Crippen LogP contribution in [0, 0.1) is 0 Å². The van der Waals surface area contributed by atoms with E-state index in [1.807, 2.05) is 27.2 Å². The third-order valence-electron chi connectivity index (χ3n) is 19.2. The molecule has 0 aromatic rings. The molecule has 0 rings (SSSR count). The molecule has 0 heterocycles. The number of allylic oxidation sites excluding steroid dienone is 3. The Kier molecular flexibility index (Phi) is 71.4. The number of carbonyl (C=O) groups is 1. The van der Waals surface area contributed by atoms with Crippen LogP contribution < -0.4 is 5.32 Å². The minimum absolute atomic E-state index is 0.0593. The highest BCUT2D eigenvalue weighted by atomic mass is 31.2. The zero-order valence-electron chi connectivity index (χ0n) is 61.7. The molecule has 0 fully saturated rings. The molecule has 0 aliphatic rings. The second kappa shape index (κ2) is 72.3. The van der Waals surface area contributed by atoms with Crippen molar-refractivity contribution in [1.82, 2.24) is 5.32 Å². The zero-order valence-corrected chi connectivity index (χ0v) is 62.6. The van der Waals surface area contributed by atoms with Crippen LogP contribution in [0.3, 0.4) is 0 Å². The topological polar surface area (TPSA) is 105 Å². The number of nitrogens with one attached hydrogen (secondary N) is 1. The third-order valence-corrected chi connectivity index (χ3v) is 20.2. The van der Waals surface area contributed by atoms with Gasteiger partial charge in [-0.05, 0) is 32.1 Å². The average molecular weight is 1290 g/mol. The summed E-state index contributed by atoms with van der Waals surface area (Å²) in [7, 11) is 1.58. The van der Waals surface area contributed by atoms with Gasteiger partial charge in [0, 0.05) is 6.42 Å². The second-order valence-electron chi connectivity index (χ2n) is 29.5. The number of aliphatic hydroxyl groups is 1. The molecule has 9 heteroatoms. The number of unbranched alkanes of at least 4 members (excludes halogenated alkanes) is 62. The van der Waals surface area contributed by atoms with Gasteiger partial charge >= 0.3 is 7.82 Å². The molecule has 0 saturated heterocycles. The van der Waals surface area contributed by atoms with Crippen LogP contribution in [0.25, 0.3) is 0 Å². The van der Waals surface area contributed by atoms with E-state index < -0.39 is 20.0 Å². The Labute approximate surface area is 564 Å². The number of carbonyl (C=O) groups excluding carboxylic acids is 1. The van der Waals surface area contributed by atoms with E-state index in [0.29, 0.717) is 17.4 Å². The maximum absolute atomic E-state index is 13.1. The second-order valence-corrected chi connectivity index (χ2v) is 31.0. The van der Waals surface area contributed by atoms with Crippen LogP contribution in [0.15, 0.2) is 24.3 Å². The van der Waals surface area contributed by atoms with Crippen LogP contribution in [0.1, 0.15) is 438 Å². The van der Waals surface area contributed by atoms with E-state index in [-0.39, 0.29) is 19.1 Å². The number of aliphatic hydroxyl groups excluding tert-OH is 1. The number of hydrogen-bond donors (Lipinski definition) is 3. The van der Waals surface area contributed by atoms with Crippen LogP contribution in [0.2, 0.25) is 0 Å². The lowest BCUT2D eigenvalue weighted by Crippen LogP contribution is -2.45. The van der Waals surface area contributed by atoms with E-state index in [1.165, 1.54) is 379 Å². The molecule has 0 aliphatic carbocycles. The van der Waals surface area contributed by atoms with Crippen LogP contribution in [-0.2, 0) is 18.4 Å². The smallest absolute Gasteiger partial charge is 0.387 e. The van der Waals surface area contributed by atoms with Crippen LogP contribution in [0.5, 0.6) is 0 Å².